The SMILES string of the molecule is CN=C(NCC(C1CCCCC1)N(C)C)NC1CCCC1. The third-order valence-electron chi connectivity index (χ3n) is 5.26. The van der Waals surface area contributed by atoms with Gasteiger partial charge in [0.1, 0.15) is 0 Å². The fraction of sp³-hybridized carbons (Fsp3) is 0.941. The maximum absolute atomic E-state index is 4.40. The van der Waals surface area contributed by atoms with Crippen LogP contribution in [0.4, 0.5) is 0 Å². The lowest BCUT2D eigenvalue weighted by atomic mass is 9.83. The molecule has 0 spiro atoms. The van der Waals surface area contributed by atoms with Gasteiger partial charge in [0.05, 0.1) is 0 Å². The van der Waals surface area contributed by atoms with Crippen LogP contribution in [-0.4, -0.2) is 50.6 Å². The topological polar surface area (TPSA) is 39.7 Å². The summed E-state index contributed by atoms with van der Waals surface area (Å²) in [6.07, 6.45) is 12.3. The fourth-order valence-corrected chi connectivity index (χ4v) is 3.95. The van der Waals surface area contributed by atoms with Crippen molar-refractivity contribution in [3.05, 3.63) is 0 Å². The van der Waals surface area contributed by atoms with E-state index in [0.717, 1.165) is 18.4 Å². The molecule has 0 amide bonds. The summed E-state index contributed by atoms with van der Waals surface area (Å²) >= 11 is 0. The molecule has 2 saturated carbocycles. The highest BCUT2D eigenvalue weighted by Crippen LogP contribution is 2.28. The summed E-state index contributed by atoms with van der Waals surface area (Å²) in [5.74, 6) is 1.83. The zero-order chi connectivity index (χ0) is 15.1. The molecule has 1 unspecified atom stereocenters. The van der Waals surface area contributed by atoms with E-state index in [0.29, 0.717) is 12.1 Å². The van der Waals surface area contributed by atoms with Crippen LogP contribution >= 0.6 is 0 Å². The second-order valence-electron chi connectivity index (χ2n) is 7.01. The Bertz CT molecular complexity index is 315. The number of nitrogens with zero attached hydrogens (tertiary/aromatic N) is 2. The van der Waals surface area contributed by atoms with Gasteiger partial charge in [0.15, 0.2) is 5.96 Å². The van der Waals surface area contributed by atoms with E-state index >= 15 is 0 Å². The van der Waals surface area contributed by atoms with Gasteiger partial charge >= 0.3 is 0 Å². The van der Waals surface area contributed by atoms with Gasteiger partial charge in [-0.1, -0.05) is 32.1 Å². The van der Waals surface area contributed by atoms with Crippen molar-refractivity contribution < 1.29 is 0 Å². The molecule has 4 nitrogen and oxygen atoms in total. The first-order valence-corrected chi connectivity index (χ1v) is 8.84. The largest absolute Gasteiger partial charge is 0.355 e. The van der Waals surface area contributed by atoms with Gasteiger partial charge in [-0.25, -0.2) is 0 Å². The molecule has 2 N–H and O–H groups in total. The Balaban J connectivity index is 1.81. The van der Waals surface area contributed by atoms with Crippen LogP contribution in [0.3, 0.4) is 0 Å². The maximum atomic E-state index is 4.40. The van der Waals surface area contributed by atoms with Crippen molar-refractivity contribution in [3.8, 4) is 0 Å². The van der Waals surface area contributed by atoms with Crippen LogP contribution < -0.4 is 10.6 Å². The third kappa shape index (κ3) is 5.17. The van der Waals surface area contributed by atoms with Crippen molar-refractivity contribution in [3.63, 3.8) is 0 Å². The van der Waals surface area contributed by atoms with E-state index in [2.05, 4.69) is 34.6 Å². The molecule has 0 aromatic carbocycles. The van der Waals surface area contributed by atoms with Crippen molar-refractivity contribution in [2.75, 3.05) is 27.7 Å². The molecule has 0 heterocycles. The summed E-state index contributed by atoms with van der Waals surface area (Å²) in [7, 11) is 6.32. The first-order valence-electron chi connectivity index (χ1n) is 8.84. The molecule has 0 aromatic heterocycles. The molecular weight excluding hydrogens is 260 g/mol. The highest BCUT2D eigenvalue weighted by Gasteiger charge is 2.25. The van der Waals surface area contributed by atoms with Crippen LogP contribution in [0.5, 0.6) is 0 Å². The quantitative estimate of drug-likeness (QED) is 0.605. The average Bonchev–Trinajstić information content (AvgIpc) is 3.00. The van der Waals surface area contributed by atoms with Gasteiger partial charge in [0.25, 0.3) is 0 Å². The first-order chi connectivity index (χ1) is 10.2. The summed E-state index contributed by atoms with van der Waals surface area (Å²) < 4.78 is 0. The van der Waals surface area contributed by atoms with E-state index in [1.165, 1.54) is 57.8 Å². The van der Waals surface area contributed by atoms with Crippen molar-refractivity contribution in [1.82, 2.24) is 15.5 Å². The summed E-state index contributed by atoms with van der Waals surface area (Å²) in [5.41, 5.74) is 0. The number of likely N-dealkylation sites (N-methyl/N-ethyl adjacent to an activating group) is 1. The molecular formula is C17H34N4. The minimum absolute atomic E-state index is 0.618. The van der Waals surface area contributed by atoms with Gasteiger partial charge in [0.2, 0.25) is 0 Å². The lowest BCUT2D eigenvalue weighted by molar-refractivity contribution is 0.171. The Hall–Kier alpha value is -0.770. The number of hydrogen-bond acceptors (Lipinski definition) is 2. The number of guanidine groups is 1. The van der Waals surface area contributed by atoms with Crippen LogP contribution in [-0.2, 0) is 0 Å². The number of aliphatic imine (C=N–C) groups is 1. The minimum Gasteiger partial charge on any atom is -0.355 e. The summed E-state index contributed by atoms with van der Waals surface area (Å²) in [6, 6.07) is 1.25. The number of hydrogen-bond donors (Lipinski definition) is 2. The zero-order valence-electron chi connectivity index (χ0n) is 14.2. The molecule has 0 radical (unpaired) electrons. The van der Waals surface area contributed by atoms with Crippen molar-refractivity contribution >= 4 is 5.96 Å². The van der Waals surface area contributed by atoms with E-state index in [-0.39, 0.29) is 0 Å². The smallest absolute Gasteiger partial charge is 0.191 e. The van der Waals surface area contributed by atoms with Gasteiger partial charge in [-0.2, -0.15) is 0 Å². The molecule has 0 aliphatic heterocycles. The predicted molar refractivity (Wildman–Crippen MR) is 90.8 cm³/mol. The Morgan fingerprint density at radius 1 is 1.05 bits per heavy atom. The summed E-state index contributed by atoms with van der Waals surface area (Å²) in [6.45, 7) is 1.00. The lowest BCUT2D eigenvalue weighted by Gasteiger charge is -2.35. The molecule has 4 heteroatoms. The van der Waals surface area contributed by atoms with E-state index in [9.17, 15) is 0 Å². The predicted octanol–water partition coefficient (Wildman–Crippen LogP) is 2.60. The van der Waals surface area contributed by atoms with Crippen LogP contribution in [0.15, 0.2) is 4.99 Å². The third-order valence-corrected chi connectivity index (χ3v) is 5.26. The highest BCUT2D eigenvalue weighted by atomic mass is 15.2. The van der Waals surface area contributed by atoms with Crippen molar-refractivity contribution in [2.45, 2.75) is 69.9 Å². The normalized spacial score (nSPS) is 23.5. The number of nitrogens with one attached hydrogen (secondary N) is 2. The van der Waals surface area contributed by atoms with Crippen molar-refractivity contribution in [2.24, 2.45) is 10.9 Å². The number of rotatable bonds is 5. The van der Waals surface area contributed by atoms with E-state index in [4.69, 9.17) is 0 Å². The molecule has 2 aliphatic carbocycles. The van der Waals surface area contributed by atoms with Crippen LogP contribution in [0.25, 0.3) is 0 Å². The molecule has 21 heavy (non-hydrogen) atoms. The minimum atomic E-state index is 0.618. The van der Waals surface area contributed by atoms with Crippen LogP contribution in [0.1, 0.15) is 57.8 Å². The molecule has 0 aromatic rings. The molecule has 2 rings (SSSR count). The van der Waals surface area contributed by atoms with E-state index in [1.807, 2.05) is 7.05 Å². The monoisotopic (exact) mass is 294 g/mol. The van der Waals surface area contributed by atoms with Gasteiger partial charge in [-0.05, 0) is 45.7 Å². The second kappa shape index (κ2) is 8.62. The van der Waals surface area contributed by atoms with E-state index in [1.54, 1.807) is 0 Å². The summed E-state index contributed by atoms with van der Waals surface area (Å²) in [5, 5.41) is 7.16. The molecule has 0 saturated heterocycles. The average molecular weight is 294 g/mol. The Labute approximate surface area is 130 Å². The van der Waals surface area contributed by atoms with Crippen LogP contribution in [0, 0.1) is 5.92 Å². The summed E-state index contributed by atoms with van der Waals surface area (Å²) in [4.78, 5) is 6.80. The Morgan fingerprint density at radius 3 is 2.24 bits per heavy atom. The molecule has 1 atom stereocenters. The van der Waals surface area contributed by atoms with E-state index < -0.39 is 0 Å². The highest BCUT2D eigenvalue weighted by molar-refractivity contribution is 5.80. The molecule has 2 aliphatic rings. The van der Waals surface area contributed by atoms with Gasteiger partial charge in [-0.15, -0.1) is 0 Å². The zero-order valence-corrected chi connectivity index (χ0v) is 14.2. The molecule has 122 valence electrons. The molecule has 2 fully saturated rings. The molecule has 0 bridgehead atoms. The van der Waals surface area contributed by atoms with Crippen LogP contribution in [0.2, 0.25) is 0 Å². The Kier molecular flexibility index (Phi) is 6.81. The lowest BCUT2D eigenvalue weighted by Crippen LogP contribution is -2.50. The first kappa shape index (κ1) is 16.6. The fourth-order valence-electron chi connectivity index (χ4n) is 3.95. The maximum Gasteiger partial charge on any atom is 0.191 e. The second-order valence-corrected chi connectivity index (χ2v) is 7.01. The Morgan fingerprint density at radius 2 is 1.67 bits per heavy atom. The van der Waals surface area contributed by atoms with Gasteiger partial charge < -0.3 is 15.5 Å². The standard InChI is InChI=1S/C17H34N4/c1-18-17(20-15-11-7-8-12-15)19-13-16(21(2)3)14-9-5-4-6-10-14/h14-16H,4-13H2,1-3H3,(H2,18,19,20). The van der Waals surface area contributed by atoms with Gasteiger partial charge in [0, 0.05) is 25.7 Å². The van der Waals surface area contributed by atoms with Gasteiger partial charge in [-0.3, -0.25) is 4.99 Å². The van der Waals surface area contributed by atoms with Crippen molar-refractivity contribution in [1.29, 1.82) is 0 Å².